The number of hydrogen-bond donors (Lipinski definition) is 1. The van der Waals surface area contributed by atoms with E-state index in [-0.39, 0.29) is 11.8 Å². The Hall–Kier alpha value is -2.40. The molecule has 4 rings (SSSR count). The maximum atomic E-state index is 10.2. The zero-order valence-corrected chi connectivity index (χ0v) is 14.8. The van der Waals surface area contributed by atoms with Gasteiger partial charge in [0.2, 0.25) is 0 Å². The van der Waals surface area contributed by atoms with Gasteiger partial charge in [0.05, 0.1) is 21.3 Å². The van der Waals surface area contributed by atoms with Gasteiger partial charge in [-0.3, -0.25) is 4.90 Å². The molecular formula is C20H23NO4. The monoisotopic (exact) mass is 341 g/mol. The third-order valence-electron chi connectivity index (χ3n) is 5.40. The Kier molecular flexibility index (Phi) is 3.96. The van der Waals surface area contributed by atoms with Crippen molar-refractivity contribution in [3.05, 3.63) is 46.5 Å². The van der Waals surface area contributed by atoms with Crippen molar-refractivity contribution >= 4 is 0 Å². The van der Waals surface area contributed by atoms with Crippen molar-refractivity contribution in [1.29, 1.82) is 0 Å². The van der Waals surface area contributed by atoms with Crippen LogP contribution in [0.1, 0.15) is 28.3 Å². The van der Waals surface area contributed by atoms with Crippen LogP contribution in [0.4, 0.5) is 0 Å². The number of benzene rings is 2. The van der Waals surface area contributed by atoms with Gasteiger partial charge in [0.25, 0.3) is 0 Å². The lowest BCUT2D eigenvalue weighted by molar-refractivity contribution is 0.160. The second-order valence-electron chi connectivity index (χ2n) is 6.64. The lowest BCUT2D eigenvalue weighted by atomic mass is 9.83. The largest absolute Gasteiger partial charge is 0.504 e. The average Bonchev–Trinajstić information content (AvgIpc) is 2.64. The molecule has 0 saturated heterocycles. The number of methoxy groups -OCH3 is 3. The van der Waals surface area contributed by atoms with Gasteiger partial charge in [-0.15, -0.1) is 0 Å². The molecule has 0 aliphatic carbocycles. The molecule has 0 bridgehead atoms. The van der Waals surface area contributed by atoms with Gasteiger partial charge in [0, 0.05) is 19.1 Å². The minimum atomic E-state index is 0.209. The van der Waals surface area contributed by atoms with Crippen molar-refractivity contribution < 1.29 is 19.3 Å². The number of nitrogens with zero attached hydrogens (tertiary/aromatic N) is 1. The van der Waals surface area contributed by atoms with E-state index in [2.05, 4.69) is 17.0 Å². The smallest absolute Gasteiger partial charge is 0.161 e. The predicted octanol–water partition coefficient (Wildman–Crippen LogP) is 3.07. The first-order valence-corrected chi connectivity index (χ1v) is 8.52. The molecule has 0 saturated carbocycles. The summed E-state index contributed by atoms with van der Waals surface area (Å²) in [5.74, 6) is 2.30. The average molecular weight is 341 g/mol. The number of fused-ring (bicyclic) bond motifs is 4. The molecule has 5 nitrogen and oxygen atoms in total. The fourth-order valence-electron chi connectivity index (χ4n) is 4.09. The molecule has 1 N–H and O–H groups in total. The van der Waals surface area contributed by atoms with Gasteiger partial charge in [-0.2, -0.15) is 0 Å². The lowest BCUT2D eigenvalue weighted by Gasteiger charge is -2.41. The van der Waals surface area contributed by atoms with E-state index in [1.807, 2.05) is 12.1 Å². The SMILES string of the molecule is COc1cc2c(cc1O)C1Cc3cc(OC)c(OC)cc3CN1CC2. The Morgan fingerprint density at radius 3 is 2.20 bits per heavy atom. The molecule has 2 aliphatic rings. The Bertz CT molecular complexity index is 818. The van der Waals surface area contributed by atoms with Gasteiger partial charge < -0.3 is 19.3 Å². The van der Waals surface area contributed by atoms with E-state index in [0.29, 0.717) is 5.75 Å². The molecule has 0 radical (unpaired) electrons. The summed E-state index contributed by atoms with van der Waals surface area (Å²) >= 11 is 0. The van der Waals surface area contributed by atoms with Crippen LogP contribution in [0.25, 0.3) is 0 Å². The molecule has 25 heavy (non-hydrogen) atoms. The molecule has 2 aliphatic heterocycles. The predicted molar refractivity (Wildman–Crippen MR) is 94.8 cm³/mol. The van der Waals surface area contributed by atoms with Crippen molar-refractivity contribution in [2.75, 3.05) is 27.9 Å². The minimum Gasteiger partial charge on any atom is -0.504 e. The Morgan fingerprint density at radius 2 is 1.52 bits per heavy atom. The first kappa shape index (κ1) is 16.1. The summed E-state index contributed by atoms with van der Waals surface area (Å²) in [4.78, 5) is 2.47. The number of rotatable bonds is 3. The molecule has 0 aromatic heterocycles. The highest BCUT2D eigenvalue weighted by Gasteiger charge is 2.33. The van der Waals surface area contributed by atoms with Crippen molar-refractivity contribution in [3.63, 3.8) is 0 Å². The van der Waals surface area contributed by atoms with Crippen LogP contribution in [0.2, 0.25) is 0 Å². The molecule has 5 heteroatoms. The highest BCUT2D eigenvalue weighted by molar-refractivity contribution is 5.52. The van der Waals surface area contributed by atoms with E-state index in [1.54, 1.807) is 21.3 Å². The molecule has 2 aromatic rings. The summed E-state index contributed by atoms with van der Waals surface area (Å²) in [7, 11) is 4.93. The van der Waals surface area contributed by atoms with Crippen LogP contribution in [0.5, 0.6) is 23.0 Å². The zero-order valence-electron chi connectivity index (χ0n) is 14.8. The lowest BCUT2D eigenvalue weighted by Crippen LogP contribution is -2.39. The van der Waals surface area contributed by atoms with E-state index in [4.69, 9.17) is 14.2 Å². The van der Waals surface area contributed by atoms with Gasteiger partial charge in [-0.05, 0) is 59.4 Å². The molecule has 0 spiro atoms. The van der Waals surface area contributed by atoms with Crippen molar-refractivity contribution in [2.45, 2.75) is 25.4 Å². The van der Waals surface area contributed by atoms with Crippen LogP contribution in [-0.2, 0) is 19.4 Å². The van der Waals surface area contributed by atoms with E-state index < -0.39 is 0 Å². The van der Waals surface area contributed by atoms with E-state index in [0.717, 1.165) is 37.4 Å². The highest BCUT2D eigenvalue weighted by Crippen LogP contribution is 2.44. The summed E-state index contributed by atoms with van der Waals surface area (Å²) < 4.78 is 16.2. The minimum absolute atomic E-state index is 0.209. The maximum Gasteiger partial charge on any atom is 0.161 e. The number of aromatic hydroxyl groups is 1. The fraction of sp³-hybridized carbons (Fsp3) is 0.400. The number of phenolic OH excluding ortho intramolecular Hbond substituents is 1. The van der Waals surface area contributed by atoms with Crippen LogP contribution in [-0.4, -0.2) is 37.9 Å². The summed E-state index contributed by atoms with van der Waals surface area (Å²) in [6.07, 6.45) is 1.86. The second kappa shape index (κ2) is 6.15. The van der Waals surface area contributed by atoms with Crippen LogP contribution in [0, 0.1) is 0 Å². The van der Waals surface area contributed by atoms with Crippen LogP contribution in [0.15, 0.2) is 24.3 Å². The Labute approximate surface area is 147 Å². The van der Waals surface area contributed by atoms with Crippen LogP contribution in [0.3, 0.4) is 0 Å². The van der Waals surface area contributed by atoms with E-state index >= 15 is 0 Å². The molecule has 1 atom stereocenters. The number of hydrogen-bond acceptors (Lipinski definition) is 5. The van der Waals surface area contributed by atoms with E-state index in [9.17, 15) is 5.11 Å². The normalized spacial score (nSPS) is 18.8. The Morgan fingerprint density at radius 1 is 0.880 bits per heavy atom. The third kappa shape index (κ3) is 2.59. The zero-order chi connectivity index (χ0) is 17.6. The molecule has 132 valence electrons. The van der Waals surface area contributed by atoms with Crippen LogP contribution < -0.4 is 14.2 Å². The molecule has 2 aromatic carbocycles. The molecule has 1 unspecified atom stereocenters. The van der Waals surface area contributed by atoms with Crippen molar-refractivity contribution in [3.8, 4) is 23.0 Å². The van der Waals surface area contributed by atoms with Crippen molar-refractivity contribution in [2.24, 2.45) is 0 Å². The number of phenols is 1. The molecular weight excluding hydrogens is 318 g/mol. The van der Waals surface area contributed by atoms with Crippen LogP contribution >= 0.6 is 0 Å². The van der Waals surface area contributed by atoms with Gasteiger partial charge in [-0.1, -0.05) is 0 Å². The summed E-state index contributed by atoms with van der Waals surface area (Å²) in [6.45, 7) is 1.88. The quantitative estimate of drug-likeness (QED) is 0.930. The summed E-state index contributed by atoms with van der Waals surface area (Å²) in [6, 6.07) is 8.29. The highest BCUT2D eigenvalue weighted by atomic mass is 16.5. The molecule has 0 fully saturated rings. The van der Waals surface area contributed by atoms with Gasteiger partial charge >= 0.3 is 0 Å². The summed E-state index contributed by atoms with van der Waals surface area (Å²) in [5.41, 5.74) is 5.03. The standard InChI is InChI=1S/C20H23NO4/c1-23-18-7-12-4-5-21-11-14-9-20(25-3)19(24-2)8-13(14)6-16(21)15(12)10-17(18)22/h7-10,16,22H,4-6,11H2,1-3H3. The second-order valence-corrected chi connectivity index (χ2v) is 6.64. The Balaban J connectivity index is 1.75. The third-order valence-corrected chi connectivity index (χ3v) is 5.40. The first-order valence-electron chi connectivity index (χ1n) is 8.52. The fourth-order valence-corrected chi connectivity index (χ4v) is 4.09. The number of ether oxygens (including phenoxy) is 3. The van der Waals surface area contributed by atoms with Gasteiger partial charge in [0.1, 0.15) is 0 Å². The van der Waals surface area contributed by atoms with E-state index in [1.165, 1.54) is 22.3 Å². The molecule has 0 amide bonds. The maximum absolute atomic E-state index is 10.2. The van der Waals surface area contributed by atoms with Gasteiger partial charge in [0.15, 0.2) is 23.0 Å². The summed E-state index contributed by atoms with van der Waals surface area (Å²) in [5, 5.41) is 10.2. The first-order chi connectivity index (χ1) is 12.1. The topological polar surface area (TPSA) is 51.2 Å². The molecule has 2 heterocycles. The van der Waals surface area contributed by atoms with Crippen molar-refractivity contribution in [1.82, 2.24) is 4.90 Å². The van der Waals surface area contributed by atoms with Gasteiger partial charge in [-0.25, -0.2) is 0 Å².